The SMILES string of the molecule is Cc1c(Br)ccc2nc(-c3ccccc3)c(C=O)n12. The summed E-state index contributed by atoms with van der Waals surface area (Å²) < 4.78 is 2.83. The van der Waals surface area contributed by atoms with Crippen LogP contribution in [0.4, 0.5) is 0 Å². The Morgan fingerprint density at radius 2 is 1.89 bits per heavy atom. The van der Waals surface area contributed by atoms with Crippen LogP contribution >= 0.6 is 15.9 Å². The van der Waals surface area contributed by atoms with E-state index in [1.165, 1.54) is 0 Å². The quantitative estimate of drug-likeness (QED) is 0.673. The second-order valence-corrected chi connectivity index (χ2v) is 5.14. The number of hydrogen-bond acceptors (Lipinski definition) is 2. The third kappa shape index (κ3) is 1.88. The summed E-state index contributed by atoms with van der Waals surface area (Å²) in [4.78, 5) is 16.0. The van der Waals surface area contributed by atoms with Crippen LogP contribution in [0.3, 0.4) is 0 Å². The number of imidazole rings is 1. The highest BCUT2D eigenvalue weighted by Gasteiger charge is 2.15. The third-order valence-corrected chi connectivity index (χ3v) is 4.00. The van der Waals surface area contributed by atoms with E-state index >= 15 is 0 Å². The van der Waals surface area contributed by atoms with Crippen molar-refractivity contribution >= 4 is 27.9 Å². The molecule has 0 bridgehead atoms. The highest BCUT2D eigenvalue weighted by molar-refractivity contribution is 9.10. The molecule has 1 aromatic carbocycles. The van der Waals surface area contributed by atoms with Gasteiger partial charge in [0.05, 0.1) is 0 Å². The fourth-order valence-electron chi connectivity index (χ4n) is 2.21. The fraction of sp³-hybridized carbons (Fsp3) is 0.0667. The topological polar surface area (TPSA) is 34.4 Å². The Morgan fingerprint density at radius 1 is 1.16 bits per heavy atom. The first-order valence-corrected chi connectivity index (χ1v) is 6.70. The number of nitrogens with zero attached hydrogens (tertiary/aromatic N) is 2. The molecule has 0 spiro atoms. The van der Waals surface area contributed by atoms with Gasteiger partial charge in [0.2, 0.25) is 0 Å². The molecule has 94 valence electrons. The average molecular weight is 315 g/mol. The molecule has 2 aromatic heterocycles. The fourth-order valence-corrected chi connectivity index (χ4v) is 2.52. The average Bonchev–Trinajstić information content (AvgIpc) is 2.83. The molecule has 0 saturated carbocycles. The zero-order chi connectivity index (χ0) is 13.4. The minimum atomic E-state index is 0.583. The van der Waals surface area contributed by atoms with Crippen LogP contribution in [-0.4, -0.2) is 15.7 Å². The normalized spacial score (nSPS) is 10.8. The summed E-state index contributed by atoms with van der Waals surface area (Å²) in [7, 11) is 0. The number of aryl methyl sites for hydroxylation is 1. The number of carbonyl (C=O) groups excluding carboxylic acids is 1. The van der Waals surface area contributed by atoms with Crippen molar-refractivity contribution in [3.63, 3.8) is 0 Å². The number of pyridine rings is 1. The van der Waals surface area contributed by atoms with E-state index < -0.39 is 0 Å². The molecule has 3 aromatic rings. The van der Waals surface area contributed by atoms with Crippen LogP contribution in [0.2, 0.25) is 0 Å². The van der Waals surface area contributed by atoms with Crippen molar-refractivity contribution in [3.8, 4) is 11.3 Å². The summed E-state index contributed by atoms with van der Waals surface area (Å²) in [6, 6.07) is 13.6. The molecular weight excluding hydrogens is 304 g/mol. The number of carbonyl (C=O) groups is 1. The van der Waals surface area contributed by atoms with Gasteiger partial charge in [-0.1, -0.05) is 30.3 Å². The van der Waals surface area contributed by atoms with Gasteiger partial charge in [-0.25, -0.2) is 4.98 Å². The van der Waals surface area contributed by atoms with Gasteiger partial charge in [-0.2, -0.15) is 0 Å². The van der Waals surface area contributed by atoms with Gasteiger partial charge in [0, 0.05) is 15.7 Å². The zero-order valence-corrected chi connectivity index (χ0v) is 11.9. The summed E-state index contributed by atoms with van der Waals surface area (Å²) in [5, 5.41) is 0. The third-order valence-electron chi connectivity index (χ3n) is 3.16. The van der Waals surface area contributed by atoms with Gasteiger partial charge in [0.1, 0.15) is 17.0 Å². The summed E-state index contributed by atoms with van der Waals surface area (Å²) in [5.41, 5.74) is 4.00. The Balaban J connectivity index is 2.39. The van der Waals surface area contributed by atoms with Crippen LogP contribution in [-0.2, 0) is 0 Å². The first kappa shape index (κ1) is 12.1. The molecule has 0 aliphatic heterocycles. The van der Waals surface area contributed by atoms with Crippen molar-refractivity contribution in [1.82, 2.24) is 9.38 Å². The van der Waals surface area contributed by atoms with E-state index in [1.807, 2.05) is 53.8 Å². The standard InChI is InChI=1S/C15H11BrN2O/c1-10-12(16)7-8-14-17-15(13(9-19)18(10)14)11-5-3-2-4-6-11/h2-9H,1H3. The molecule has 0 aliphatic carbocycles. The lowest BCUT2D eigenvalue weighted by molar-refractivity contribution is 0.111. The number of halogens is 1. The Bertz CT molecular complexity index is 763. The second-order valence-electron chi connectivity index (χ2n) is 4.29. The van der Waals surface area contributed by atoms with Crippen LogP contribution in [0, 0.1) is 6.92 Å². The van der Waals surface area contributed by atoms with Gasteiger partial charge in [-0.15, -0.1) is 0 Å². The molecular formula is C15H11BrN2O. The van der Waals surface area contributed by atoms with Gasteiger partial charge in [0.15, 0.2) is 6.29 Å². The largest absolute Gasteiger partial charge is 0.296 e. The van der Waals surface area contributed by atoms with E-state index in [2.05, 4.69) is 20.9 Å². The minimum Gasteiger partial charge on any atom is -0.296 e. The van der Waals surface area contributed by atoms with E-state index in [-0.39, 0.29) is 0 Å². The smallest absolute Gasteiger partial charge is 0.169 e. The summed E-state index contributed by atoms with van der Waals surface area (Å²) in [6.07, 6.45) is 0.863. The number of aldehydes is 1. The first-order valence-electron chi connectivity index (χ1n) is 5.90. The Morgan fingerprint density at radius 3 is 2.58 bits per heavy atom. The molecule has 0 N–H and O–H groups in total. The van der Waals surface area contributed by atoms with E-state index in [9.17, 15) is 4.79 Å². The Hall–Kier alpha value is -1.94. The monoisotopic (exact) mass is 314 g/mol. The molecule has 3 rings (SSSR count). The maximum atomic E-state index is 11.5. The lowest BCUT2D eigenvalue weighted by Gasteiger charge is -2.04. The molecule has 4 heteroatoms. The van der Waals surface area contributed by atoms with Crippen molar-refractivity contribution in [1.29, 1.82) is 0 Å². The van der Waals surface area contributed by atoms with Crippen molar-refractivity contribution in [3.05, 3.63) is 58.3 Å². The first-order chi connectivity index (χ1) is 9.22. The van der Waals surface area contributed by atoms with Gasteiger partial charge in [0.25, 0.3) is 0 Å². The highest BCUT2D eigenvalue weighted by atomic mass is 79.9. The lowest BCUT2D eigenvalue weighted by atomic mass is 10.1. The van der Waals surface area contributed by atoms with Gasteiger partial charge >= 0.3 is 0 Å². The highest BCUT2D eigenvalue weighted by Crippen LogP contribution is 2.26. The molecule has 0 radical (unpaired) electrons. The summed E-state index contributed by atoms with van der Waals surface area (Å²) >= 11 is 3.48. The number of rotatable bonds is 2. The van der Waals surface area contributed by atoms with Gasteiger partial charge < -0.3 is 0 Å². The molecule has 0 atom stereocenters. The van der Waals surface area contributed by atoms with Crippen molar-refractivity contribution in [2.45, 2.75) is 6.92 Å². The minimum absolute atomic E-state index is 0.583. The maximum absolute atomic E-state index is 11.5. The van der Waals surface area contributed by atoms with E-state index in [0.717, 1.165) is 33.4 Å². The predicted octanol–water partition coefficient (Wildman–Crippen LogP) is 3.88. The Labute approximate surface area is 119 Å². The van der Waals surface area contributed by atoms with E-state index in [1.54, 1.807) is 0 Å². The van der Waals surface area contributed by atoms with E-state index in [4.69, 9.17) is 0 Å². The molecule has 0 amide bonds. The van der Waals surface area contributed by atoms with Crippen LogP contribution in [0.1, 0.15) is 16.2 Å². The number of fused-ring (bicyclic) bond motifs is 1. The van der Waals surface area contributed by atoms with Crippen LogP contribution in [0.15, 0.2) is 46.9 Å². The zero-order valence-electron chi connectivity index (χ0n) is 10.3. The van der Waals surface area contributed by atoms with Crippen LogP contribution in [0.25, 0.3) is 16.9 Å². The molecule has 3 nitrogen and oxygen atoms in total. The van der Waals surface area contributed by atoms with Crippen molar-refractivity contribution in [2.24, 2.45) is 0 Å². The van der Waals surface area contributed by atoms with Crippen molar-refractivity contribution < 1.29 is 4.79 Å². The second kappa shape index (κ2) is 4.63. The number of benzene rings is 1. The molecule has 2 heterocycles. The maximum Gasteiger partial charge on any atom is 0.169 e. The molecule has 19 heavy (non-hydrogen) atoms. The molecule has 0 unspecified atom stereocenters. The van der Waals surface area contributed by atoms with E-state index in [0.29, 0.717) is 5.69 Å². The lowest BCUT2D eigenvalue weighted by Crippen LogP contribution is -1.97. The number of aromatic nitrogens is 2. The Kier molecular flexibility index (Phi) is 2.95. The number of hydrogen-bond donors (Lipinski definition) is 0. The summed E-state index contributed by atoms with van der Waals surface area (Å²) in [6.45, 7) is 1.96. The molecule has 0 saturated heterocycles. The van der Waals surface area contributed by atoms with Gasteiger partial charge in [-0.3, -0.25) is 9.20 Å². The van der Waals surface area contributed by atoms with Crippen molar-refractivity contribution in [2.75, 3.05) is 0 Å². The van der Waals surface area contributed by atoms with Gasteiger partial charge in [-0.05, 0) is 35.0 Å². The predicted molar refractivity (Wildman–Crippen MR) is 78.5 cm³/mol. The van der Waals surface area contributed by atoms with Crippen LogP contribution in [0.5, 0.6) is 0 Å². The summed E-state index contributed by atoms with van der Waals surface area (Å²) in [5.74, 6) is 0. The molecule has 0 fully saturated rings. The molecule has 0 aliphatic rings. The van der Waals surface area contributed by atoms with Crippen LogP contribution < -0.4 is 0 Å².